The highest BCUT2D eigenvalue weighted by Gasteiger charge is 2.70. The van der Waals surface area contributed by atoms with E-state index in [1.54, 1.807) is 0 Å². The van der Waals surface area contributed by atoms with Crippen LogP contribution >= 0.6 is 0 Å². The van der Waals surface area contributed by atoms with E-state index < -0.39 is 17.0 Å². The third kappa shape index (κ3) is 2.51. The van der Waals surface area contributed by atoms with Crippen LogP contribution in [0.5, 0.6) is 5.75 Å². The Balaban J connectivity index is 1.44. The number of carboxylic acids is 1. The Kier molecular flexibility index (Phi) is 3.58. The number of hydrogen-bond acceptors (Lipinski definition) is 4. The van der Waals surface area contributed by atoms with Crippen LogP contribution in [-0.2, 0) is 20.7 Å². The van der Waals surface area contributed by atoms with E-state index >= 15 is 0 Å². The molecule has 25 heavy (non-hydrogen) atoms. The quantitative estimate of drug-likeness (QED) is 0.855. The van der Waals surface area contributed by atoms with Crippen LogP contribution < -0.4 is 10.1 Å². The Morgan fingerprint density at radius 2 is 2.12 bits per heavy atom. The van der Waals surface area contributed by atoms with E-state index in [0.717, 1.165) is 24.2 Å². The van der Waals surface area contributed by atoms with Gasteiger partial charge in [-0.15, -0.1) is 0 Å². The van der Waals surface area contributed by atoms with Crippen molar-refractivity contribution in [2.24, 2.45) is 5.41 Å². The van der Waals surface area contributed by atoms with Gasteiger partial charge in [-0.25, -0.2) is 0 Å². The van der Waals surface area contributed by atoms with Crippen molar-refractivity contribution in [1.29, 1.82) is 0 Å². The van der Waals surface area contributed by atoms with Gasteiger partial charge in [0.1, 0.15) is 11.4 Å². The van der Waals surface area contributed by atoms with E-state index in [-0.39, 0.29) is 37.5 Å². The van der Waals surface area contributed by atoms with Gasteiger partial charge in [-0.3, -0.25) is 9.59 Å². The molecule has 134 valence electrons. The van der Waals surface area contributed by atoms with E-state index in [2.05, 4.69) is 5.32 Å². The summed E-state index contributed by atoms with van der Waals surface area (Å²) in [6.45, 7) is 4.12. The standard InChI is InChI=1S/C19H23NO5/c1-11(2)25-13-4-5-14-12(7-13)3-6-15(14)20-16(21)19-8-18(9-19,10-24-19)17(22)23/h4-5,7,11,15H,3,6,8-10H2,1-2H3,(H,20,21)(H,22,23). The van der Waals surface area contributed by atoms with Crippen LogP contribution in [0.3, 0.4) is 0 Å². The molecule has 0 spiro atoms. The molecule has 6 nitrogen and oxygen atoms in total. The van der Waals surface area contributed by atoms with E-state index in [9.17, 15) is 14.7 Å². The predicted molar refractivity (Wildman–Crippen MR) is 89.4 cm³/mol. The minimum Gasteiger partial charge on any atom is -0.491 e. The smallest absolute Gasteiger partial charge is 0.312 e. The molecule has 3 fully saturated rings. The molecule has 2 aliphatic heterocycles. The molecule has 2 heterocycles. The number of rotatable bonds is 5. The zero-order valence-corrected chi connectivity index (χ0v) is 14.5. The number of amides is 1. The Morgan fingerprint density at radius 3 is 2.76 bits per heavy atom. The predicted octanol–water partition coefficient (Wildman–Crippen LogP) is 2.21. The molecule has 1 atom stereocenters. The molecule has 2 bridgehead atoms. The fourth-order valence-corrected chi connectivity index (χ4v) is 4.34. The number of aryl methyl sites for hydroxylation is 1. The van der Waals surface area contributed by atoms with E-state index in [1.165, 1.54) is 5.56 Å². The Bertz CT molecular complexity index is 735. The van der Waals surface area contributed by atoms with Crippen LogP contribution in [0, 0.1) is 5.41 Å². The molecule has 1 saturated carbocycles. The maximum atomic E-state index is 12.7. The lowest BCUT2D eigenvalue weighted by atomic mass is 9.62. The summed E-state index contributed by atoms with van der Waals surface area (Å²) in [5.74, 6) is -0.191. The lowest BCUT2D eigenvalue weighted by Gasteiger charge is -2.40. The molecule has 1 unspecified atom stereocenters. The second kappa shape index (κ2) is 5.46. The molecule has 2 saturated heterocycles. The summed E-state index contributed by atoms with van der Waals surface area (Å²) >= 11 is 0. The second-order valence-electron chi connectivity index (χ2n) is 7.81. The van der Waals surface area contributed by atoms with E-state index in [1.807, 2.05) is 32.0 Å². The van der Waals surface area contributed by atoms with Crippen molar-refractivity contribution < 1.29 is 24.2 Å². The van der Waals surface area contributed by atoms with Crippen molar-refractivity contribution in [2.45, 2.75) is 57.3 Å². The van der Waals surface area contributed by atoms with Gasteiger partial charge in [0.2, 0.25) is 0 Å². The molecule has 0 aromatic heterocycles. The summed E-state index contributed by atoms with van der Waals surface area (Å²) in [4.78, 5) is 24.0. The molecule has 0 radical (unpaired) electrons. The van der Waals surface area contributed by atoms with Gasteiger partial charge >= 0.3 is 5.97 Å². The SMILES string of the molecule is CC(C)Oc1ccc2c(c1)CCC2NC(=O)C12CC(C(=O)O)(CO1)C2. The maximum absolute atomic E-state index is 12.7. The van der Waals surface area contributed by atoms with Gasteiger partial charge in [-0.05, 0) is 49.9 Å². The summed E-state index contributed by atoms with van der Waals surface area (Å²) in [5, 5.41) is 12.4. The van der Waals surface area contributed by atoms with E-state index in [0.29, 0.717) is 0 Å². The van der Waals surface area contributed by atoms with Gasteiger partial charge in [0, 0.05) is 12.8 Å². The van der Waals surface area contributed by atoms with Crippen molar-refractivity contribution >= 4 is 11.9 Å². The molecule has 1 aromatic rings. The van der Waals surface area contributed by atoms with Crippen molar-refractivity contribution in [3.05, 3.63) is 29.3 Å². The average Bonchev–Trinajstić information content (AvgIpc) is 3.18. The summed E-state index contributed by atoms with van der Waals surface area (Å²) in [6, 6.07) is 5.95. The van der Waals surface area contributed by atoms with Crippen LogP contribution in [0.15, 0.2) is 18.2 Å². The monoisotopic (exact) mass is 345 g/mol. The largest absolute Gasteiger partial charge is 0.491 e. The first-order valence-corrected chi connectivity index (χ1v) is 8.81. The molecule has 2 N–H and O–H groups in total. The highest BCUT2D eigenvalue weighted by Crippen LogP contribution is 2.58. The average molecular weight is 345 g/mol. The van der Waals surface area contributed by atoms with Crippen molar-refractivity contribution in [3.63, 3.8) is 0 Å². The Labute approximate surface area is 146 Å². The van der Waals surface area contributed by atoms with Gasteiger partial charge in [0.05, 0.1) is 24.2 Å². The normalized spacial score (nSPS) is 32.2. The summed E-state index contributed by atoms with van der Waals surface area (Å²) in [7, 11) is 0. The minimum absolute atomic E-state index is 0.0472. The zero-order chi connectivity index (χ0) is 17.8. The molecule has 1 amide bonds. The fourth-order valence-electron chi connectivity index (χ4n) is 4.34. The van der Waals surface area contributed by atoms with Gasteiger partial charge in [0.25, 0.3) is 5.91 Å². The molecule has 6 heteroatoms. The first-order valence-electron chi connectivity index (χ1n) is 8.81. The first-order chi connectivity index (χ1) is 11.8. The molecular weight excluding hydrogens is 322 g/mol. The number of fused-ring (bicyclic) bond motifs is 2. The van der Waals surface area contributed by atoms with Crippen LogP contribution in [0.25, 0.3) is 0 Å². The highest BCUT2D eigenvalue weighted by molar-refractivity contribution is 5.92. The van der Waals surface area contributed by atoms with Gasteiger partial charge < -0.3 is 19.9 Å². The minimum atomic E-state index is -0.943. The number of ether oxygens (including phenoxy) is 2. The number of carbonyl (C=O) groups excluding carboxylic acids is 1. The van der Waals surface area contributed by atoms with Crippen LogP contribution in [0.1, 0.15) is 50.3 Å². The van der Waals surface area contributed by atoms with Crippen LogP contribution in [0.4, 0.5) is 0 Å². The van der Waals surface area contributed by atoms with Gasteiger partial charge in [0.15, 0.2) is 0 Å². The summed E-state index contributed by atoms with van der Waals surface area (Å²) < 4.78 is 11.3. The van der Waals surface area contributed by atoms with Crippen molar-refractivity contribution in [2.75, 3.05) is 6.61 Å². The second-order valence-corrected chi connectivity index (χ2v) is 7.81. The molecule has 5 rings (SSSR count). The van der Waals surface area contributed by atoms with Crippen LogP contribution in [0.2, 0.25) is 0 Å². The Hall–Kier alpha value is -2.08. The third-order valence-electron chi connectivity index (χ3n) is 5.61. The van der Waals surface area contributed by atoms with E-state index in [4.69, 9.17) is 9.47 Å². The zero-order valence-electron chi connectivity index (χ0n) is 14.5. The number of carboxylic acid groups (broad SMARTS) is 1. The number of hydrogen-bond donors (Lipinski definition) is 2. The van der Waals surface area contributed by atoms with Crippen molar-refractivity contribution in [3.8, 4) is 5.75 Å². The maximum Gasteiger partial charge on any atom is 0.312 e. The first kappa shape index (κ1) is 16.4. The molecule has 1 aromatic carbocycles. The lowest BCUT2D eigenvalue weighted by molar-refractivity contribution is -0.159. The highest BCUT2D eigenvalue weighted by atomic mass is 16.5. The van der Waals surface area contributed by atoms with Crippen LogP contribution in [-0.4, -0.2) is 35.3 Å². The Morgan fingerprint density at radius 1 is 1.36 bits per heavy atom. The summed E-state index contributed by atoms with van der Waals surface area (Å²) in [6.07, 6.45) is 2.42. The van der Waals surface area contributed by atoms with Gasteiger partial charge in [-0.2, -0.15) is 0 Å². The summed E-state index contributed by atoms with van der Waals surface area (Å²) in [5.41, 5.74) is 0.514. The number of aliphatic carboxylic acids is 1. The van der Waals surface area contributed by atoms with Crippen molar-refractivity contribution in [1.82, 2.24) is 5.32 Å². The molecule has 4 aliphatic rings. The van der Waals surface area contributed by atoms with Gasteiger partial charge in [-0.1, -0.05) is 6.07 Å². The lowest BCUT2D eigenvalue weighted by Crippen LogP contribution is -2.57. The molecular formula is C19H23NO5. The third-order valence-corrected chi connectivity index (χ3v) is 5.61. The topological polar surface area (TPSA) is 84.9 Å². The number of benzene rings is 1. The number of nitrogens with one attached hydrogen (secondary N) is 1. The molecule has 2 aliphatic carbocycles. The number of carbonyl (C=O) groups is 2. The fraction of sp³-hybridized carbons (Fsp3) is 0.579.